The molecule has 0 spiro atoms. The van der Waals surface area contributed by atoms with E-state index in [-0.39, 0.29) is 30.4 Å². The maximum absolute atomic E-state index is 13.0. The average Bonchev–Trinajstić information content (AvgIpc) is 3.26. The summed E-state index contributed by atoms with van der Waals surface area (Å²) < 4.78 is 23.4. The number of hydrogen-bond acceptors (Lipinski definition) is 7. The predicted molar refractivity (Wildman–Crippen MR) is 106 cm³/mol. The number of esters is 1. The monoisotopic (exact) mass is 426 g/mol. The molecule has 10 heteroatoms. The molecule has 0 fully saturated rings. The average molecular weight is 426 g/mol. The van der Waals surface area contributed by atoms with E-state index in [1.807, 2.05) is 0 Å². The third-order valence-corrected chi connectivity index (χ3v) is 4.17. The molecule has 1 heterocycles. The van der Waals surface area contributed by atoms with Crippen LogP contribution in [-0.4, -0.2) is 35.1 Å². The molecule has 1 unspecified atom stereocenters. The number of rotatable bonds is 7. The van der Waals surface area contributed by atoms with Gasteiger partial charge >= 0.3 is 12.0 Å². The summed E-state index contributed by atoms with van der Waals surface area (Å²) in [5, 5.41) is 8.16. The Balaban J connectivity index is 1.62. The molecule has 9 nitrogen and oxygen atoms in total. The van der Waals surface area contributed by atoms with Crippen molar-refractivity contribution in [2.75, 3.05) is 7.05 Å². The normalized spacial score (nSPS) is 11.4. The minimum absolute atomic E-state index is 0.0750. The predicted octanol–water partition coefficient (Wildman–Crippen LogP) is 2.55. The highest BCUT2D eigenvalue weighted by Crippen LogP contribution is 2.20. The zero-order valence-corrected chi connectivity index (χ0v) is 16.5. The van der Waals surface area contributed by atoms with Crippen molar-refractivity contribution in [2.45, 2.75) is 18.9 Å². The van der Waals surface area contributed by atoms with E-state index in [0.29, 0.717) is 11.1 Å². The van der Waals surface area contributed by atoms with Crippen molar-refractivity contribution in [1.82, 2.24) is 20.8 Å². The Kier molecular flexibility index (Phi) is 7.05. The van der Waals surface area contributed by atoms with Crippen LogP contribution in [0.2, 0.25) is 0 Å². The minimum atomic E-state index is -1.30. The van der Waals surface area contributed by atoms with Gasteiger partial charge in [0.2, 0.25) is 17.8 Å². The lowest BCUT2D eigenvalue weighted by Gasteiger charge is -2.17. The van der Waals surface area contributed by atoms with Gasteiger partial charge in [-0.2, -0.15) is 4.98 Å². The van der Waals surface area contributed by atoms with Crippen LogP contribution in [0.4, 0.5) is 9.18 Å². The van der Waals surface area contributed by atoms with E-state index in [4.69, 9.17) is 9.26 Å². The van der Waals surface area contributed by atoms with Crippen molar-refractivity contribution >= 4 is 17.9 Å². The van der Waals surface area contributed by atoms with E-state index in [1.54, 1.807) is 30.3 Å². The SMILES string of the molecule is CNC(=O)NC(=O)C(OC(=O)CCc1nc(-c2ccc(F)cc2)no1)c1ccccc1. The number of aryl methyl sites for hydroxylation is 1. The first-order valence-corrected chi connectivity index (χ1v) is 9.32. The fourth-order valence-electron chi connectivity index (χ4n) is 2.61. The largest absolute Gasteiger partial charge is 0.447 e. The van der Waals surface area contributed by atoms with E-state index < -0.39 is 24.0 Å². The Bertz CT molecular complexity index is 1050. The smallest absolute Gasteiger partial charge is 0.321 e. The molecule has 3 amide bonds. The van der Waals surface area contributed by atoms with Crippen molar-refractivity contribution in [3.05, 3.63) is 71.9 Å². The van der Waals surface area contributed by atoms with Crippen LogP contribution in [0.5, 0.6) is 0 Å². The molecule has 1 atom stereocenters. The first-order valence-electron chi connectivity index (χ1n) is 9.32. The van der Waals surface area contributed by atoms with E-state index in [9.17, 15) is 18.8 Å². The van der Waals surface area contributed by atoms with E-state index in [1.165, 1.54) is 31.3 Å². The summed E-state index contributed by atoms with van der Waals surface area (Å²) in [6.07, 6.45) is -1.36. The number of urea groups is 1. The van der Waals surface area contributed by atoms with Crippen molar-refractivity contribution in [3.8, 4) is 11.4 Å². The quantitative estimate of drug-likeness (QED) is 0.557. The second-order valence-corrected chi connectivity index (χ2v) is 6.37. The number of aromatic nitrogens is 2. The zero-order chi connectivity index (χ0) is 22.2. The van der Waals surface area contributed by atoms with Crippen LogP contribution in [0, 0.1) is 5.82 Å². The van der Waals surface area contributed by atoms with Crippen LogP contribution in [0.1, 0.15) is 24.0 Å². The van der Waals surface area contributed by atoms with Gasteiger partial charge in [0, 0.05) is 24.6 Å². The highest BCUT2D eigenvalue weighted by Gasteiger charge is 2.26. The van der Waals surface area contributed by atoms with Gasteiger partial charge in [-0.1, -0.05) is 35.5 Å². The van der Waals surface area contributed by atoms with Gasteiger partial charge < -0.3 is 14.6 Å². The van der Waals surface area contributed by atoms with E-state index >= 15 is 0 Å². The molecule has 160 valence electrons. The third kappa shape index (κ3) is 5.95. The summed E-state index contributed by atoms with van der Waals surface area (Å²) in [6.45, 7) is 0. The maximum atomic E-state index is 13.0. The van der Waals surface area contributed by atoms with Gasteiger partial charge in [0.1, 0.15) is 5.82 Å². The zero-order valence-electron chi connectivity index (χ0n) is 16.5. The lowest BCUT2D eigenvalue weighted by atomic mass is 10.1. The number of ether oxygens (including phenoxy) is 1. The van der Waals surface area contributed by atoms with Gasteiger partial charge in [-0.05, 0) is 24.3 Å². The van der Waals surface area contributed by atoms with Crippen LogP contribution >= 0.6 is 0 Å². The Morgan fingerprint density at radius 2 is 1.81 bits per heavy atom. The van der Waals surface area contributed by atoms with Crippen LogP contribution < -0.4 is 10.6 Å². The van der Waals surface area contributed by atoms with Gasteiger partial charge in [-0.3, -0.25) is 14.9 Å². The standard InChI is InChI=1S/C21H19FN4O5/c1-23-21(29)25-20(28)18(13-5-3-2-4-6-13)30-17(27)12-11-16-24-19(26-31-16)14-7-9-15(22)10-8-14/h2-10,18H,11-12H2,1H3,(H2,23,25,28,29). The minimum Gasteiger partial charge on any atom is -0.447 e. The summed E-state index contributed by atoms with van der Waals surface area (Å²) in [5.41, 5.74) is 0.975. The summed E-state index contributed by atoms with van der Waals surface area (Å²) in [4.78, 5) is 40.4. The first kappa shape index (κ1) is 21.6. The number of nitrogens with zero attached hydrogens (tertiary/aromatic N) is 2. The van der Waals surface area contributed by atoms with Crippen LogP contribution in [0.25, 0.3) is 11.4 Å². The van der Waals surface area contributed by atoms with Crippen molar-refractivity contribution < 1.29 is 28.0 Å². The lowest BCUT2D eigenvalue weighted by Crippen LogP contribution is -2.41. The Labute approximate surface area is 176 Å². The van der Waals surface area contributed by atoms with Gasteiger partial charge in [0.05, 0.1) is 6.42 Å². The number of carbonyl (C=O) groups excluding carboxylic acids is 3. The van der Waals surface area contributed by atoms with Crippen molar-refractivity contribution in [3.63, 3.8) is 0 Å². The molecule has 2 N–H and O–H groups in total. The number of nitrogens with one attached hydrogen (secondary N) is 2. The molecule has 0 aliphatic heterocycles. The van der Waals surface area contributed by atoms with Gasteiger partial charge in [-0.25, -0.2) is 9.18 Å². The fraction of sp³-hybridized carbons (Fsp3) is 0.190. The molecule has 0 saturated carbocycles. The molecule has 0 bridgehead atoms. The summed E-state index contributed by atoms with van der Waals surface area (Å²) in [7, 11) is 1.36. The van der Waals surface area contributed by atoms with Gasteiger partial charge in [0.25, 0.3) is 5.91 Å². The number of benzene rings is 2. The second kappa shape index (κ2) is 10.1. The van der Waals surface area contributed by atoms with Gasteiger partial charge in [-0.15, -0.1) is 0 Å². The molecular formula is C21H19FN4O5. The molecular weight excluding hydrogens is 407 g/mol. The van der Waals surface area contributed by atoms with Crippen LogP contribution in [0.3, 0.4) is 0 Å². The molecule has 3 rings (SSSR count). The topological polar surface area (TPSA) is 123 Å². The molecule has 31 heavy (non-hydrogen) atoms. The molecule has 0 aliphatic rings. The van der Waals surface area contributed by atoms with Crippen LogP contribution in [0.15, 0.2) is 59.1 Å². The number of imide groups is 1. The first-order chi connectivity index (χ1) is 15.0. The highest BCUT2D eigenvalue weighted by atomic mass is 19.1. The third-order valence-electron chi connectivity index (χ3n) is 4.17. The Morgan fingerprint density at radius 3 is 2.48 bits per heavy atom. The van der Waals surface area contributed by atoms with E-state index in [2.05, 4.69) is 20.8 Å². The Morgan fingerprint density at radius 1 is 1.10 bits per heavy atom. The fourth-order valence-corrected chi connectivity index (χ4v) is 2.61. The van der Waals surface area contributed by atoms with Gasteiger partial charge in [0.15, 0.2) is 0 Å². The molecule has 3 aromatic rings. The summed E-state index contributed by atoms with van der Waals surface area (Å²) in [5.74, 6) is -1.42. The number of carbonyl (C=O) groups is 3. The molecule has 1 aromatic heterocycles. The number of hydrogen-bond donors (Lipinski definition) is 2. The summed E-state index contributed by atoms with van der Waals surface area (Å²) in [6, 6.07) is 13.2. The van der Waals surface area contributed by atoms with Crippen molar-refractivity contribution in [2.24, 2.45) is 0 Å². The molecule has 2 aromatic carbocycles. The number of amides is 3. The highest BCUT2D eigenvalue weighted by molar-refractivity contribution is 5.97. The van der Waals surface area contributed by atoms with Crippen molar-refractivity contribution in [1.29, 1.82) is 0 Å². The number of halogens is 1. The molecule has 0 radical (unpaired) electrons. The lowest BCUT2D eigenvalue weighted by molar-refractivity contribution is -0.156. The van der Waals surface area contributed by atoms with E-state index in [0.717, 1.165) is 0 Å². The Hall–Kier alpha value is -4.08. The summed E-state index contributed by atoms with van der Waals surface area (Å²) >= 11 is 0. The molecule has 0 saturated heterocycles. The van der Waals surface area contributed by atoms with Crippen LogP contribution in [-0.2, 0) is 20.7 Å². The maximum Gasteiger partial charge on any atom is 0.321 e. The molecule has 0 aliphatic carbocycles. The second-order valence-electron chi connectivity index (χ2n) is 6.37.